The van der Waals surface area contributed by atoms with Gasteiger partial charge in [0.2, 0.25) is 0 Å². The van der Waals surface area contributed by atoms with Crippen molar-refractivity contribution < 1.29 is 14.3 Å². The van der Waals surface area contributed by atoms with Crippen molar-refractivity contribution in [2.24, 2.45) is 5.92 Å². The first-order valence-electron chi connectivity index (χ1n) is 10.4. The fourth-order valence-electron chi connectivity index (χ4n) is 4.14. The van der Waals surface area contributed by atoms with E-state index in [1.807, 2.05) is 48.5 Å². The molecule has 1 aliphatic rings. The summed E-state index contributed by atoms with van der Waals surface area (Å²) in [4.78, 5) is 2.37. The number of likely N-dealkylation sites (tertiary alicyclic amines) is 1. The summed E-state index contributed by atoms with van der Waals surface area (Å²) < 4.78 is 11.3. The maximum Gasteiger partial charge on any atom is 0.176 e. The van der Waals surface area contributed by atoms with Gasteiger partial charge in [-0.1, -0.05) is 42.5 Å². The van der Waals surface area contributed by atoms with E-state index in [1.165, 1.54) is 0 Å². The summed E-state index contributed by atoms with van der Waals surface area (Å²) in [5.41, 5.74) is 1.82. The Morgan fingerprint density at radius 1 is 1.14 bits per heavy atom. The molecule has 1 aliphatic heterocycles. The van der Waals surface area contributed by atoms with Crippen molar-refractivity contribution in [2.75, 3.05) is 33.3 Å². The van der Waals surface area contributed by atoms with Crippen molar-refractivity contribution >= 4 is 11.0 Å². The molecule has 1 aromatic heterocycles. The van der Waals surface area contributed by atoms with Crippen LogP contribution in [0.5, 0.6) is 5.75 Å². The van der Waals surface area contributed by atoms with Crippen LogP contribution in [0.1, 0.15) is 30.3 Å². The molecule has 154 valence electrons. The van der Waals surface area contributed by atoms with Crippen molar-refractivity contribution in [3.63, 3.8) is 0 Å². The number of hydrogen-bond donors (Lipinski definition) is 2. The number of rotatable bonds is 8. The molecule has 1 saturated heterocycles. The molecule has 0 spiro atoms. The van der Waals surface area contributed by atoms with Gasteiger partial charge in [-0.2, -0.15) is 0 Å². The van der Waals surface area contributed by atoms with Crippen molar-refractivity contribution in [3.8, 4) is 5.75 Å². The summed E-state index contributed by atoms with van der Waals surface area (Å²) in [6.07, 6.45) is 1.90. The van der Waals surface area contributed by atoms with Gasteiger partial charge in [-0.05, 0) is 56.1 Å². The van der Waals surface area contributed by atoms with Gasteiger partial charge < -0.3 is 24.5 Å². The van der Waals surface area contributed by atoms with Crippen LogP contribution >= 0.6 is 0 Å². The van der Waals surface area contributed by atoms with Crippen molar-refractivity contribution in [1.82, 2.24) is 10.2 Å². The number of para-hydroxylation sites is 1. The first-order chi connectivity index (χ1) is 14.2. The smallest absolute Gasteiger partial charge is 0.176 e. The van der Waals surface area contributed by atoms with Crippen LogP contribution in [0, 0.1) is 5.92 Å². The molecule has 0 bridgehead atoms. The van der Waals surface area contributed by atoms with E-state index >= 15 is 0 Å². The summed E-state index contributed by atoms with van der Waals surface area (Å²) >= 11 is 0. The van der Waals surface area contributed by atoms with Crippen LogP contribution < -0.4 is 10.1 Å². The molecule has 0 radical (unpaired) electrons. The Bertz CT molecular complexity index is 901. The van der Waals surface area contributed by atoms with Crippen LogP contribution in [0.25, 0.3) is 11.0 Å². The Morgan fingerprint density at radius 2 is 1.93 bits per heavy atom. The highest BCUT2D eigenvalue weighted by Crippen LogP contribution is 2.28. The quantitative estimate of drug-likeness (QED) is 0.605. The number of aliphatic hydroxyl groups is 1. The average Bonchev–Trinajstić information content (AvgIpc) is 3.18. The van der Waals surface area contributed by atoms with Crippen LogP contribution in [0.2, 0.25) is 0 Å². The molecule has 1 unspecified atom stereocenters. The third-order valence-corrected chi connectivity index (χ3v) is 5.83. The summed E-state index contributed by atoms with van der Waals surface area (Å²) in [6.45, 7) is 4.51. The third-order valence-electron chi connectivity index (χ3n) is 5.83. The lowest BCUT2D eigenvalue weighted by Gasteiger charge is -2.33. The highest BCUT2D eigenvalue weighted by molar-refractivity contribution is 5.83. The summed E-state index contributed by atoms with van der Waals surface area (Å²) in [6, 6.07) is 18.0. The Hall–Kier alpha value is -2.34. The van der Waals surface area contributed by atoms with Crippen molar-refractivity contribution in [2.45, 2.75) is 25.5 Å². The molecule has 2 aromatic carbocycles. The number of hydrogen-bond acceptors (Lipinski definition) is 5. The van der Waals surface area contributed by atoms with Crippen LogP contribution in [0.4, 0.5) is 0 Å². The van der Waals surface area contributed by atoms with E-state index in [0.717, 1.165) is 67.1 Å². The molecule has 5 heteroatoms. The number of ether oxygens (including phenoxy) is 1. The van der Waals surface area contributed by atoms with Crippen molar-refractivity contribution in [1.29, 1.82) is 0 Å². The van der Waals surface area contributed by atoms with Crippen LogP contribution in [-0.2, 0) is 6.54 Å². The number of nitrogens with one attached hydrogen (secondary N) is 1. The van der Waals surface area contributed by atoms with Gasteiger partial charge in [0.05, 0.1) is 19.8 Å². The van der Waals surface area contributed by atoms with E-state index in [9.17, 15) is 5.11 Å². The number of fused-ring (bicyclic) bond motifs is 1. The van der Waals surface area contributed by atoms with Crippen molar-refractivity contribution in [3.05, 3.63) is 65.9 Å². The topological polar surface area (TPSA) is 57.9 Å². The number of β-amino-alcohol motifs (C(OH)–C–C–N with tert-alkyl or cyclic N) is 1. The summed E-state index contributed by atoms with van der Waals surface area (Å²) in [7, 11) is 1.67. The first kappa shape index (κ1) is 20.0. The monoisotopic (exact) mass is 394 g/mol. The Kier molecular flexibility index (Phi) is 6.49. The molecule has 0 saturated carbocycles. The number of methoxy groups -OCH3 is 1. The minimum absolute atomic E-state index is 0.407. The van der Waals surface area contributed by atoms with Crippen LogP contribution in [-0.4, -0.2) is 43.3 Å². The number of furan rings is 1. The zero-order chi connectivity index (χ0) is 20.1. The highest BCUT2D eigenvalue weighted by atomic mass is 16.5. The van der Waals surface area contributed by atoms with Gasteiger partial charge in [0.1, 0.15) is 5.76 Å². The third kappa shape index (κ3) is 4.99. The minimum Gasteiger partial charge on any atom is -0.493 e. The molecule has 0 amide bonds. The van der Waals surface area contributed by atoms with Crippen LogP contribution in [0.15, 0.2) is 59.0 Å². The summed E-state index contributed by atoms with van der Waals surface area (Å²) in [5, 5.41) is 15.1. The Labute approximate surface area is 172 Å². The number of nitrogens with zero attached hydrogens (tertiary/aromatic N) is 1. The van der Waals surface area contributed by atoms with Gasteiger partial charge >= 0.3 is 0 Å². The zero-order valence-corrected chi connectivity index (χ0v) is 17.0. The average molecular weight is 395 g/mol. The largest absolute Gasteiger partial charge is 0.493 e. The lowest BCUT2D eigenvalue weighted by Crippen LogP contribution is -2.39. The number of benzene rings is 2. The zero-order valence-electron chi connectivity index (χ0n) is 17.0. The van der Waals surface area contributed by atoms with Gasteiger partial charge in [0.15, 0.2) is 11.3 Å². The van der Waals surface area contributed by atoms with Gasteiger partial charge in [-0.3, -0.25) is 0 Å². The first-order valence-corrected chi connectivity index (χ1v) is 10.4. The van der Waals surface area contributed by atoms with Gasteiger partial charge in [-0.15, -0.1) is 0 Å². The second-order valence-corrected chi connectivity index (χ2v) is 7.89. The molecule has 0 aliphatic carbocycles. The molecule has 1 atom stereocenters. The van der Waals surface area contributed by atoms with Gasteiger partial charge in [-0.25, -0.2) is 0 Å². The number of piperidine rings is 1. The van der Waals surface area contributed by atoms with Gasteiger partial charge in [0.25, 0.3) is 0 Å². The maximum atomic E-state index is 10.4. The second-order valence-electron chi connectivity index (χ2n) is 7.89. The Morgan fingerprint density at radius 3 is 2.69 bits per heavy atom. The Balaban J connectivity index is 1.20. The molecule has 2 heterocycles. The molecule has 3 aromatic rings. The lowest BCUT2D eigenvalue weighted by molar-refractivity contribution is 0.0890. The molecule has 1 fully saturated rings. The van der Waals surface area contributed by atoms with E-state index in [1.54, 1.807) is 7.11 Å². The predicted octanol–water partition coefficient (Wildman–Crippen LogP) is 3.98. The fourth-order valence-corrected chi connectivity index (χ4v) is 4.14. The minimum atomic E-state index is -0.407. The standard InChI is InChI=1S/C24H30N2O3/c1-28-23-9-5-8-20-14-21(29-24(20)23)16-25-15-18-10-12-26(13-11-18)17-22(27)19-6-3-2-4-7-19/h2-9,14,18,22,25,27H,10-13,15-17H2,1H3. The molecule has 4 rings (SSSR count). The summed E-state index contributed by atoms with van der Waals surface area (Å²) in [5.74, 6) is 2.38. The maximum absolute atomic E-state index is 10.4. The SMILES string of the molecule is COc1cccc2cc(CNCC3CCN(CC(O)c4ccccc4)CC3)oc12. The van der Waals surface area contributed by atoms with E-state index in [4.69, 9.17) is 9.15 Å². The molecule has 2 N–H and O–H groups in total. The molecular weight excluding hydrogens is 364 g/mol. The molecule has 5 nitrogen and oxygen atoms in total. The lowest BCUT2D eigenvalue weighted by atomic mass is 9.96. The highest BCUT2D eigenvalue weighted by Gasteiger charge is 2.21. The normalized spacial score (nSPS) is 16.9. The molecular formula is C24H30N2O3. The van der Waals surface area contributed by atoms with E-state index < -0.39 is 6.10 Å². The molecule has 29 heavy (non-hydrogen) atoms. The predicted molar refractivity (Wildman–Crippen MR) is 115 cm³/mol. The fraction of sp³-hybridized carbons (Fsp3) is 0.417. The van der Waals surface area contributed by atoms with E-state index in [-0.39, 0.29) is 0 Å². The van der Waals surface area contributed by atoms with E-state index in [2.05, 4.69) is 16.3 Å². The van der Waals surface area contributed by atoms with Gasteiger partial charge in [0, 0.05) is 11.9 Å². The second kappa shape index (κ2) is 9.44. The van der Waals surface area contributed by atoms with Crippen LogP contribution in [0.3, 0.4) is 0 Å². The van der Waals surface area contributed by atoms with E-state index in [0.29, 0.717) is 12.5 Å². The number of aliphatic hydroxyl groups excluding tert-OH is 1.